The SMILES string of the molecule is CCC1CCC(O)(CNCC(=O)NC(C)(C)C)CC1. The largest absolute Gasteiger partial charge is 0.389 e. The third-order valence-electron chi connectivity index (χ3n) is 3.87. The highest BCUT2D eigenvalue weighted by molar-refractivity contribution is 5.78. The molecule has 0 aliphatic heterocycles. The highest BCUT2D eigenvalue weighted by Crippen LogP contribution is 2.33. The second-order valence-corrected chi connectivity index (χ2v) is 6.98. The summed E-state index contributed by atoms with van der Waals surface area (Å²) in [6, 6.07) is 0. The van der Waals surface area contributed by atoms with Gasteiger partial charge in [-0.3, -0.25) is 4.79 Å². The van der Waals surface area contributed by atoms with Crippen molar-refractivity contribution in [1.29, 1.82) is 0 Å². The lowest BCUT2D eigenvalue weighted by molar-refractivity contribution is -0.121. The highest BCUT2D eigenvalue weighted by Gasteiger charge is 2.32. The van der Waals surface area contributed by atoms with E-state index in [1.54, 1.807) is 0 Å². The van der Waals surface area contributed by atoms with Gasteiger partial charge in [0, 0.05) is 12.1 Å². The van der Waals surface area contributed by atoms with Gasteiger partial charge in [0.25, 0.3) is 0 Å². The predicted octanol–water partition coefficient (Wildman–Crippen LogP) is 1.82. The van der Waals surface area contributed by atoms with Crippen molar-refractivity contribution in [3.8, 4) is 0 Å². The van der Waals surface area contributed by atoms with Crippen LogP contribution in [0.25, 0.3) is 0 Å². The molecule has 3 N–H and O–H groups in total. The van der Waals surface area contributed by atoms with Crippen LogP contribution in [0.4, 0.5) is 0 Å². The molecule has 0 atom stereocenters. The summed E-state index contributed by atoms with van der Waals surface area (Å²) in [5.41, 5.74) is -0.817. The molecule has 0 bridgehead atoms. The molecule has 1 aliphatic carbocycles. The van der Waals surface area contributed by atoms with Gasteiger partial charge in [0.15, 0.2) is 0 Å². The summed E-state index contributed by atoms with van der Waals surface area (Å²) >= 11 is 0. The average molecular weight is 270 g/mol. The summed E-state index contributed by atoms with van der Waals surface area (Å²) in [4.78, 5) is 11.6. The van der Waals surface area contributed by atoms with Crippen LogP contribution in [-0.2, 0) is 4.79 Å². The maximum atomic E-state index is 11.6. The standard InChI is InChI=1S/C15H30N2O2/c1-5-12-6-8-15(19,9-7-12)11-16-10-13(18)17-14(2,3)4/h12,16,19H,5-11H2,1-4H3,(H,17,18). The fourth-order valence-electron chi connectivity index (χ4n) is 2.67. The van der Waals surface area contributed by atoms with E-state index < -0.39 is 5.60 Å². The Bertz CT molecular complexity index is 289. The summed E-state index contributed by atoms with van der Waals surface area (Å²) in [5, 5.41) is 16.4. The summed E-state index contributed by atoms with van der Waals surface area (Å²) in [6.07, 6.45) is 5.10. The van der Waals surface area contributed by atoms with Crippen molar-refractivity contribution >= 4 is 5.91 Å². The number of aliphatic hydroxyl groups is 1. The zero-order valence-corrected chi connectivity index (χ0v) is 12.9. The Labute approximate surface area is 117 Å². The third-order valence-corrected chi connectivity index (χ3v) is 3.87. The molecule has 0 saturated heterocycles. The molecular formula is C15H30N2O2. The molecule has 1 saturated carbocycles. The lowest BCUT2D eigenvalue weighted by Gasteiger charge is -2.36. The Morgan fingerprint density at radius 1 is 1.32 bits per heavy atom. The van der Waals surface area contributed by atoms with Crippen LogP contribution in [0.15, 0.2) is 0 Å². The molecule has 0 aromatic rings. The smallest absolute Gasteiger partial charge is 0.234 e. The number of hydrogen-bond donors (Lipinski definition) is 3. The molecule has 0 spiro atoms. The molecule has 4 heteroatoms. The topological polar surface area (TPSA) is 61.4 Å². The maximum Gasteiger partial charge on any atom is 0.234 e. The first-order valence-electron chi connectivity index (χ1n) is 7.48. The molecule has 1 fully saturated rings. The van der Waals surface area contributed by atoms with Crippen LogP contribution < -0.4 is 10.6 Å². The van der Waals surface area contributed by atoms with Gasteiger partial charge in [-0.1, -0.05) is 13.3 Å². The van der Waals surface area contributed by atoms with E-state index in [1.165, 1.54) is 6.42 Å². The fraction of sp³-hybridized carbons (Fsp3) is 0.933. The van der Waals surface area contributed by atoms with E-state index in [4.69, 9.17) is 0 Å². The summed E-state index contributed by atoms with van der Waals surface area (Å²) < 4.78 is 0. The predicted molar refractivity (Wildman–Crippen MR) is 78.0 cm³/mol. The molecule has 0 heterocycles. The first kappa shape index (κ1) is 16.4. The third kappa shape index (κ3) is 6.39. The van der Waals surface area contributed by atoms with Gasteiger partial charge in [-0.15, -0.1) is 0 Å². The van der Waals surface area contributed by atoms with Crippen LogP contribution in [-0.4, -0.2) is 35.2 Å². The van der Waals surface area contributed by atoms with E-state index in [-0.39, 0.29) is 18.0 Å². The highest BCUT2D eigenvalue weighted by atomic mass is 16.3. The fourth-order valence-corrected chi connectivity index (χ4v) is 2.67. The van der Waals surface area contributed by atoms with Gasteiger partial charge in [-0.25, -0.2) is 0 Å². The second-order valence-electron chi connectivity index (χ2n) is 6.98. The van der Waals surface area contributed by atoms with Crippen molar-refractivity contribution in [3.05, 3.63) is 0 Å². The monoisotopic (exact) mass is 270 g/mol. The van der Waals surface area contributed by atoms with Crippen molar-refractivity contribution in [1.82, 2.24) is 10.6 Å². The van der Waals surface area contributed by atoms with Crippen LogP contribution in [0.1, 0.15) is 59.8 Å². The Kier molecular flexibility index (Phi) is 5.81. The van der Waals surface area contributed by atoms with Crippen LogP contribution in [0, 0.1) is 5.92 Å². The lowest BCUT2D eigenvalue weighted by atomic mass is 9.78. The molecule has 1 rings (SSSR count). The quantitative estimate of drug-likeness (QED) is 0.714. The van der Waals surface area contributed by atoms with Crippen LogP contribution in [0.3, 0.4) is 0 Å². The van der Waals surface area contributed by atoms with Crippen LogP contribution >= 0.6 is 0 Å². The molecule has 112 valence electrons. The number of nitrogens with one attached hydrogen (secondary N) is 2. The molecule has 4 nitrogen and oxygen atoms in total. The Morgan fingerprint density at radius 3 is 2.37 bits per heavy atom. The number of amides is 1. The first-order valence-corrected chi connectivity index (χ1v) is 7.48. The molecule has 0 radical (unpaired) electrons. The molecule has 0 aromatic carbocycles. The summed E-state index contributed by atoms with van der Waals surface area (Å²) in [7, 11) is 0. The van der Waals surface area contributed by atoms with Gasteiger partial charge < -0.3 is 15.7 Å². The minimum Gasteiger partial charge on any atom is -0.389 e. The van der Waals surface area contributed by atoms with Gasteiger partial charge in [0.2, 0.25) is 5.91 Å². The van der Waals surface area contributed by atoms with E-state index in [0.29, 0.717) is 6.54 Å². The van der Waals surface area contributed by atoms with E-state index in [2.05, 4.69) is 17.6 Å². The number of rotatable bonds is 5. The van der Waals surface area contributed by atoms with Crippen molar-refractivity contribution in [2.75, 3.05) is 13.1 Å². The number of hydrogen-bond acceptors (Lipinski definition) is 3. The normalized spacial score (nSPS) is 28.2. The van der Waals surface area contributed by atoms with E-state index in [9.17, 15) is 9.90 Å². The van der Waals surface area contributed by atoms with Gasteiger partial charge >= 0.3 is 0 Å². The summed E-state index contributed by atoms with van der Waals surface area (Å²) in [6.45, 7) is 8.89. The van der Waals surface area contributed by atoms with Gasteiger partial charge in [-0.2, -0.15) is 0 Å². The van der Waals surface area contributed by atoms with Crippen LogP contribution in [0.2, 0.25) is 0 Å². The number of carbonyl (C=O) groups excluding carboxylic acids is 1. The molecule has 0 aromatic heterocycles. The van der Waals surface area contributed by atoms with Crippen molar-refractivity contribution in [3.63, 3.8) is 0 Å². The second kappa shape index (κ2) is 6.71. The molecule has 0 unspecified atom stereocenters. The van der Waals surface area contributed by atoms with Crippen molar-refractivity contribution in [2.45, 2.75) is 70.9 Å². The van der Waals surface area contributed by atoms with Gasteiger partial charge in [0.1, 0.15) is 0 Å². The first-order chi connectivity index (χ1) is 8.74. The minimum absolute atomic E-state index is 0.0154. The molecule has 1 amide bonds. The lowest BCUT2D eigenvalue weighted by Crippen LogP contribution is -2.49. The number of carbonyl (C=O) groups is 1. The summed E-state index contributed by atoms with van der Waals surface area (Å²) in [5.74, 6) is 0.753. The van der Waals surface area contributed by atoms with E-state index in [0.717, 1.165) is 31.6 Å². The van der Waals surface area contributed by atoms with Crippen molar-refractivity contribution < 1.29 is 9.90 Å². The van der Waals surface area contributed by atoms with Crippen LogP contribution in [0.5, 0.6) is 0 Å². The average Bonchev–Trinajstić information content (AvgIpc) is 2.27. The van der Waals surface area contributed by atoms with Gasteiger partial charge in [-0.05, 0) is 52.4 Å². The Hall–Kier alpha value is -0.610. The Morgan fingerprint density at radius 2 is 1.89 bits per heavy atom. The van der Waals surface area contributed by atoms with Gasteiger partial charge in [0.05, 0.1) is 12.1 Å². The molecular weight excluding hydrogens is 240 g/mol. The van der Waals surface area contributed by atoms with E-state index in [1.807, 2.05) is 20.8 Å². The molecule has 19 heavy (non-hydrogen) atoms. The molecule has 1 aliphatic rings. The minimum atomic E-state index is -0.617. The van der Waals surface area contributed by atoms with E-state index >= 15 is 0 Å². The zero-order valence-electron chi connectivity index (χ0n) is 12.9. The zero-order chi connectivity index (χ0) is 14.5. The maximum absolute atomic E-state index is 11.6. The van der Waals surface area contributed by atoms with Crippen molar-refractivity contribution in [2.24, 2.45) is 5.92 Å². The Balaban J connectivity index is 2.24.